The normalized spacial score (nSPS) is 10.6. The number of likely N-dealkylation sites (N-methyl/N-ethyl adjacent to an activating group) is 1. The third kappa shape index (κ3) is 5.60. The Morgan fingerprint density at radius 3 is 2.20 bits per heavy atom. The van der Waals surface area contributed by atoms with Crippen molar-refractivity contribution in [2.24, 2.45) is 0 Å². The van der Waals surface area contributed by atoms with Crippen molar-refractivity contribution in [3.05, 3.63) is 48.0 Å². The first-order chi connectivity index (χ1) is 6.49. The molecular formula is C13H20ClN. The van der Waals surface area contributed by atoms with Crippen LogP contribution in [0.25, 0.3) is 0 Å². The van der Waals surface area contributed by atoms with Gasteiger partial charge in [0.05, 0.1) is 20.6 Å². The van der Waals surface area contributed by atoms with Crippen LogP contribution in [0, 0.1) is 0 Å². The molecular weight excluding hydrogens is 206 g/mol. The van der Waals surface area contributed by atoms with Crippen molar-refractivity contribution in [2.45, 2.75) is 13.5 Å². The Kier molecular flexibility index (Phi) is 5.63. The van der Waals surface area contributed by atoms with Gasteiger partial charge in [-0.05, 0) is 12.5 Å². The molecule has 15 heavy (non-hydrogen) atoms. The van der Waals surface area contributed by atoms with E-state index in [1.54, 1.807) is 0 Å². The molecule has 0 saturated carbocycles. The summed E-state index contributed by atoms with van der Waals surface area (Å²) in [5, 5.41) is 0. The van der Waals surface area contributed by atoms with E-state index < -0.39 is 0 Å². The Hall–Kier alpha value is -0.790. The fourth-order valence-corrected chi connectivity index (χ4v) is 1.86. The van der Waals surface area contributed by atoms with Crippen molar-refractivity contribution in [3.63, 3.8) is 0 Å². The zero-order chi connectivity index (χ0) is 10.6. The minimum atomic E-state index is 0. The van der Waals surface area contributed by atoms with Crippen LogP contribution in [-0.2, 0) is 6.54 Å². The van der Waals surface area contributed by atoms with E-state index in [1.807, 2.05) is 0 Å². The van der Waals surface area contributed by atoms with E-state index in [1.165, 1.54) is 11.1 Å². The van der Waals surface area contributed by atoms with Crippen molar-refractivity contribution >= 4 is 0 Å². The van der Waals surface area contributed by atoms with Crippen molar-refractivity contribution in [3.8, 4) is 0 Å². The van der Waals surface area contributed by atoms with E-state index in [-0.39, 0.29) is 12.4 Å². The molecule has 0 unspecified atom stereocenters. The van der Waals surface area contributed by atoms with Crippen LogP contribution in [0.5, 0.6) is 0 Å². The van der Waals surface area contributed by atoms with Crippen LogP contribution in [0.15, 0.2) is 42.5 Å². The van der Waals surface area contributed by atoms with Gasteiger partial charge in [-0.15, -0.1) is 0 Å². The Morgan fingerprint density at radius 2 is 1.73 bits per heavy atom. The Balaban J connectivity index is 0.00000196. The zero-order valence-electron chi connectivity index (χ0n) is 9.83. The molecule has 0 aliphatic heterocycles. The van der Waals surface area contributed by atoms with Gasteiger partial charge in [-0.25, -0.2) is 0 Å². The lowest BCUT2D eigenvalue weighted by molar-refractivity contribution is -0.899. The highest BCUT2D eigenvalue weighted by Crippen LogP contribution is 2.10. The van der Waals surface area contributed by atoms with Gasteiger partial charge in [-0.1, -0.05) is 36.9 Å². The number of benzene rings is 1. The minimum Gasteiger partial charge on any atom is -1.00 e. The summed E-state index contributed by atoms with van der Waals surface area (Å²) in [6.45, 7) is 8.15. The number of quaternary nitrogens is 1. The van der Waals surface area contributed by atoms with E-state index in [9.17, 15) is 0 Å². The van der Waals surface area contributed by atoms with Gasteiger partial charge in [-0.2, -0.15) is 0 Å². The predicted octanol–water partition coefficient (Wildman–Crippen LogP) is -0.157. The number of hydrogen-bond donors (Lipinski definition) is 0. The highest BCUT2D eigenvalue weighted by Gasteiger charge is 2.15. The van der Waals surface area contributed by atoms with Crippen LogP contribution >= 0.6 is 0 Å². The first-order valence-corrected chi connectivity index (χ1v) is 5.00. The van der Waals surface area contributed by atoms with Crippen LogP contribution < -0.4 is 12.4 Å². The van der Waals surface area contributed by atoms with E-state index in [0.717, 1.165) is 17.6 Å². The summed E-state index contributed by atoms with van der Waals surface area (Å²) in [6, 6.07) is 10.6. The van der Waals surface area contributed by atoms with Crippen LogP contribution in [0.4, 0.5) is 0 Å². The molecule has 1 aromatic rings. The first-order valence-electron chi connectivity index (χ1n) is 5.00. The van der Waals surface area contributed by atoms with Gasteiger partial charge < -0.3 is 16.9 Å². The lowest BCUT2D eigenvalue weighted by Crippen LogP contribution is -3.00. The summed E-state index contributed by atoms with van der Waals surface area (Å²) in [4.78, 5) is 0. The molecule has 0 amide bonds. The van der Waals surface area contributed by atoms with Gasteiger partial charge in [-0.3, -0.25) is 0 Å². The molecule has 1 rings (SSSR count). The second-order valence-corrected chi connectivity index (χ2v) is 4.69. The molecule has 1 aromatic carbocycles. The van der Waals surface area contributed by atoms with Gasteiger partial charge in [0.15, 0.2) is 0 Å². The van der Waals surface area contributed by atoms with Crippen molar-refractivity contribution in [1.82, 2.24) is 0 Å². The molecule has 0 radical (unpaired) electrons. The Labute approximate surface area is 99.4 Å². The Bertz CT molecular complexity index is 304. The average Bonchev–Trinajstić information content (AvgIpc) is 2.02. The Morgan fingerprint density at radius 1 is 1.20 bits per heavy atom. The van der Waals surface area contributed by atoms with E-state index in [2.05, 4.69) is 57.9 Å². The van der Waals surface area contributed by atoms with Gasteiger partial charge in [0.2, 0.25) is 0 Å². The van der Waals surface area contributed by atoms with Crippen LogP contribution in [-0.4, -0.2) is 25.1 Å². The number of rotatable bonds is 4. The lowest BCUT2D eigenvalue weighted by Gasteiger charge is -2.30. The highest BCUT2D eigenvalue weighted by molar-refractivity contribution is 5.13. The van der Waals surface area contributed by atoms with E-state index in [4.69, 9.17) is 0 Å². The summed E-state index contributed by atoms with van der Waals surface area (Å²) in [6.07, 6.45) is 0. The number of halogens is 1. The minimum absolute atomic E-state index is 0. The molecule has 0 aliphatic rings. The SMILES string of the molecule is C=C(C)C[N+](C)(C)Cc1ccccc1.[Cl-]. The zero-order valence-corrected chi connectivity index (χ0v) is 10.6. The fourth-order valence-electron chi connectivity index (χ4n) is 1.86. The summed E-state index contributed by atoms with van der Waals surface area (Å²) in [5.41, 5.74) is 2.63. The molecule has 84 valence electrons. The second kappa shape index (κ2) is 5.94. The van der Waals surface area contributed by atoms with Gasteiger partial charge in [0.25, 0.3) is 0 Å². The summed E-state index contributed by atoms with van der Waals surface area (Å²) >= 11 is 0. The number of nitrogens with zero attached hydrogens (tertiary/aromatic N) is 1. The van der Waals surface area contributed by atoms with Gasteiger partial charge in [0.1, 0.15) is 6.54 Å². The largest absolute Gasteiger partial charge is 1.00 e. The molecule has 1 nitrogen and oxygen atoms in total. The number of hydrogen-bond acceptors (Lipinski definition) is 0. The maximum Gasteiger partial charge on any atom is 0.104 e. The molecule has 0 aliphatic carbocycles. The summed E-state index contributed by atoms with van der Waals surface area (Å²) in [7, 11) is 4.48. The molecule has 0 aromatic heterocycles. The molecule has 0 saturated heterocycles. The lowest BCUT2D eigenvalue weighted by atomic mass is 10.2. The van der Waals surface area contributed by atoms with Crippen molar-refractivity contribution in [2.75, 3.05) is 20.6 Å². The maximum absolute atomic E-state index is 3.97. The summed E-state index contributed by atoms with van der Waals surface area (Å²) in [5.74, 6) is 0. The standard InChI is InChI=1S/C13H20N.ClH/c1-12(2)10-14(3,4)11-13-8-6-5-7-9-13;/h5-9H,1,10-11H2,2-4H3;1H/q+1;/p-1. The molecule has 2 heteroatoms. The molecule has 0 N–H and O–H groups in total. The van der Waals surface area contributed by atoms with E-state index in [0.29, 0.717) is 0 Å². The molecule has 0 bridgehead atoms. The topological polar surface area (TPSA) is 0 Å². The fraction of sp³-hybridized carbons (Fsp3) is 0.385. The molecule has 0 spiro atoms. The highest BCUT2D eigenvalue weighted by atomic mass is 35.5. The third-order valence-electron chi connectivity index (χ3n) is 2.15. The van der Waals surface area contributed by atoms with Crippen molar-refractivity contribution < 1.29 is 16.9 Å². The van der Waals surface area contributed by atoms with Crippen LogP contribution in [0.3, 0.4) is 0 Å². The monoisotopic (exact) mass is 225 g/mol. The molecule has 0 atom stereocenters. The average molecular weight is 226 g/mol. The van der Waals surface area contributed by atoms with Crippen LogP contribution in [0.2, 0.25) is 0 Å². The van der Waals surface area contributed by atoms with Crippen LogP contribution in [0.1, 0.15) is 12.5 Å². The summed E-state index contributed by atoms with van der Waals surface area (Å²) < 4.78 is 0.972. The smallest absolute Gasteiger partial charge is 0.104 e. The van der Waals surface area contributed by atoms with E-state index >= 15 is 0 Å². The maximum atomic E-state index is 3.97. The van der Waals surface area contributed by atoms with Gasteiger partial charge >= 0.3 is 0 Å². The quantitative estimate of drug-likeness (QED) is 0.494. The first kappa shape index (κ1) is 14.2. The second-order valence-electron chi connectivity index (χ2n) is 4.69. The van der Waals surface area contributed by atoms with Crippen molar-refractivity contribution in [1.29, 1.82) is 0 Å². The molecule has 0 fully saturated rings. The third-order valence-corrected chi connectivity index (χ3v) is 2.15. The van der Waals surface area contributed by atoms with Gasteiger partial charge in [0, 0.05) is 5.56 Å². The molecule has 0 heterocycles. The predicted molar refractivity (Wildman–Crippen MR) is 61.9 cm³/mol.